The minimum atomic E-state index is 0.384. The molecule has 170 valence electrons. The van der Waals surface area contributed by atoms with Crippen molar-refractivity contribution in [3.05, 3.63) is 65.7 Å². The molecule has 0 fully saturated rings. The molecule has 0 N–H and O–H groups in total. The van der Waals surface area contributed by atoms with Crippen molar-refractivity contribution in [1.29, 1.82) is 0 Å². The second-order valence-electron chi connectivity index (χ2n) is 8.17. The fraction of sp³-hybridized carbons (Fsp3) is 0.536. The molecule has 0 spiro atoms. The zero-order valence-corrected chi connectivity index (χ0v) is 19.7. The lowest BCUT2D eigenvalue weighted by atomic mass is 10.1. The van der Waals surface area contributed by atoms with Crippen LogP contribution in [0.1, 0.15) is 89.2 Å². The van der Waals surface area contributed by atoms with Gasteiger partial charge in [0.2, 0.25) is 0 Å². The van der Waals surface area contributed by atoms with E-state index in [9.17, 15) is 0 Å². The van der Waals surface area contributed by atoms with E-state index in [1.54, 1.807) is 0 Å². The first kappa shape index (κ1) is 25.0. The minimum absolute atomic E-state index is 0.384. The average molecular weight is 424 g/mol. The second kappa shape index (κ2) is 16.4. The Hall–Kier alpha value is -2.29. The van der Waals surface area contributed by atoms with Crippen molar-refractivity contribution in [1.82, 2.24) is 0 Å². The Morgan fingerprint density at radius 1 is 0.645 bits per heavy atom. The van der Waals surface area contributed by atoms with Gasteiger partial charge in [-0.2, -0.15) is 4.99 Å². The van der Waals surface area contributed by atoms with Gasteiger partial charge in [-0.3, -0.25) is 0 Å². The van der Waals surface area contributed by atoms with Crippen LogP contribution in [-0.4, -0.2) is 19.3 Å². The summed E-state index contributed by atoms with van der Waals surface area (Å²) in [7, 11) is 0. The summed E-state index contributed by atoms with van der Waals surface area (Å²) in [6.45, 7) is 5.46. The Balaban J connectivity index is 1.66. The van der Waals surface area contributed by atoms with Crippen LogP contribution < -0.4 is 0 Å². The molecule has 0 heterocycles. The van der Waals surface area contributed by atoms with E-state index in [1.165, 1.54) is 68.9 Å². The van der Waals surface area contributed by atoms with E-state index < -0.39 is 0 Å². The van der Waals surface area contributed by atoms with Crippen LogP contribution in [0.2, 0.25) is 0 Å². The molecule has 0 saturated heterocycles. The summed E-state index contributed by atoms with van der Waals surface area (Å²) in [4.78, 5) is 4.55. The quantitative estimate of drug-likeness (QED) is 0.164. The molecule has 0 aliphatic carbocycles. The molecule has 0 amide bonds. The Labute approximate surface area is 189 Å². The third-order valence-electron chi connectivity index (χ3n) is 5.40. The van der Waals surface area contributed by atoms with Crippen molar-refractivity contribution >= 4 is 11.8 Å². The molecule has 3 nitrogen and oxygen atoms in total. The number of benzene rings is 2. The molecule has 2 rings (SSSR count). The van der Waals surface area contributed by atoms with E-state index in [2.05, 4.69) is 48.3 Å². The van der Waals surface area contributed by atoms with Crippen LogP contribution in [0.25, 0.3) is 0 Å². The summed E-state index contributed by atoms with van der Waals surface area (Å²) in [5.74, 6) is 0. The van der Waals surface area contributed by atoms with E-state index in [-0.39, 0.29) is 0 Å². The number of hydrogen-bond donors (Lipinski definition) is 0. The van der Waals surface area contributed by atoms with Crippen LogP contribution in [0.15, 0.2) is 59.6 Å². The largest absolute Gasteiger partial charge is 0.451 e. The number of hydrogen-bond acceptors (Lipinski definition) is 3. The molecule has 0 aromatic heterocycles. The molecular formula is C28H41NO2. The highest BCUT2D eigenvalue weighted by atomic mass is 16.7. The number of ether oxygens (including phenoxy) is 2. The monoisotopic (exact) mass is 423 g/mol. The van der Waals surface area contributed by atoms with Crippen molar-refractivity contribution in [2.75, 3.05) is 13.2 Å². The standard InChI is InChI=1S/C28H41NO2/c1-3-5-6-7-8-9-10-11-12-16-23-31-28(30-4-2)29-27-21-19-26(20-22-27)24-25-17-14-13-15-18-25/h13-15,17-22H,3-12,16,23-24H2,1-2H3. The summed E-state index contributed by atoms with van der Waals surface area (Å²) in [6.07, 6.45) is 14.5. The van der Waals surface area contributed by atoms with Gasteiger partial charge in [0.05, 0.1) is 18.9 Å². The smallest absolute Gasteiger partial charge is 0.388 e. The van der Waals surface area contributed by atoms with Crippen LogP contribution in [0.4, 0.5) is 5.69 Å². The number of aliphatic imine (C=N–C) groups is 1. The first-order valence-electron chi connectivity index (χ1n) is 12.3. The number of rotatable bonds is 15. The lowest BCUT2D eigenvalue weighted by Crippen LogP contribution is -2.10. The van der Waals surface area contributed by atoms with Crippen LogP contribution in [0, 0.1) is 0 Å². The number of unbranched alkanes of at least 4 members (excludes halogenated alkanes) is 9. The van der Waals surface area contributed by atoms with Gasteiger partial charge < -0.3 is 9.47 Å². The Kier molecular flexibility index (Phi) is 13.2. The molecule has 0 unspecified atom stereocenters. The molecule has 3 heteroatoms. The molecule has 0 aliphatic heterocycles. The fourth-order valence-corrected chi connectivity index (χ4v) is 3.60. The van der Waals surface area contributed by atoms with Crippen molar-refractivity contribution in [3.8, 4) is 0 Å². The van der Waals surface area contributed by atoms with Crippen LogP contribution >= 0.6 is 0 Å². The van der Waals surface area contributed by atoms with Crippen molar-refractivity contribution in [3.63, 3.8) is 0 Å². The third-order valence-corrected chi connectivity index (χ3v) is 5.40. The lowest BCUT2D eigenvalue weighted by molar-refractivity contribution is 0.170. The van der Waals surface area contributed by atoms with E-state index in [1.807, 2.05) is 25.1 Å². The highest BCUT2D eigenvalue weighted by Crippen LogP contribution is 2.17. The van der Waals surface area contributed by atoms with Gasteiger partial charge in [0.1, 0.15) is 0 Å². The molecule has 0 atom stereocenters. The molecule has 0 aliphatic rings. The summed E-state index contributed by atoms with van der Waals surface area (Å²) < 4.78 is 11.4. The highest BCUT2D eigenvalue weighted by molar-refractivity contribution is 5.71. The summed E-state index contributed by atoms with van der Waals surface area (Å²) in [6, 6.07) is 18.8. The molecular weight excluding hydrogens is 382 g/mol. The first-order valence-corrected chi connectivity index (χ1v) is 12.3. The predicted molar refractivity (Wildman–Crippen MR) is 132 cm³/mol. The zero-order valence-electron chi connectivity index (χ0n) is 19.7. The van der Waals surface area contributed by atoms with Crippen LogP contribution in [0.3, 0.4) is 0 Å². The highest BCUT2D eigenvalue weighted by Gasteiger charge is 2.03. The molecule has 0 bridgehead atoms. The maximum atomic E-state index is 5.81. The van der Waals surface area contributed by atoms with Gasteiger partial charge in [0, 0.05) is 0 Å². The second-order valence-corrected chi connectivity index (χ2v) is 8.17. The van der Waals surface area contributed by atoms with Gasteiger partial charge in [-0.15, -0.1) is 0 Å². The summed E-state index contributed by atoms with van der Waals surface area (Å²) >= 11 is 0. The average Bonchev–Trinajstić information content (AvgIpc) is 2.79. The van der Waals surface area contributed by atoms with Gasteiger partial charge in [0.25, 0.3) is 0 Å². The van der Waals surface area contributed by atoms with E-state index in [0.717, 1.165) is 18.5 Å². The fourth-order valence-electron chi connectivity index (χ4n) is 3.60. The molecule has 2 aromatic rings. The summed E-state index contributed by atoms with van der Waals surface area (Å²) in [5.41, 5.74) is 3.45. The lowest BCUT2D eigenvalue weighted by Gasteiger charge is -2.09. The van der Waals surface area contributed by atoms with Crippen LogP contribution in [0.5, 0.6) is 0 Å². The van der Waals surface area contributed by atoms with Crippen molar-refractivity contribution in [2.24, 2.45) is 4.99 Å². The van der Waals surface area contributed by atoms with Gasteiger partial charge >= 0.3 is 6.08 Å². The topological polar surface area (TPSA) is 30.8 Å². The Morgan fingerprint density at radius 2 is 1.23 bits per heavy atom. The Morgan fingerprint density at radius 3 is 1.84 bits per heavy atom. The van der Waals surface area contributed by atoms with E-state index >= 15 is 0 Å². The SMILES string of the molecule is CCCCCCCCCCCCOC(=Nc1ccc(Cc2ccccc2)cc1)OCC. The Bertz CT molecular complexity index is 710. The van der Waals surface area contributed by atoms with Gasteiger partial charge in [-0.1, -0.05) is 107 Å². The normalized spacial score (nSPS) is 11.5. The van der Waals surface area contributed by atoms with Crippen molar-refractivity contribution in [2.45, 2.75) is 84.5 Å². The number of nitrogens with zero attached hydrogens (tertiary/aromatic N) is 1. The van der Waals surface area contributed by atoms with Gasteiger partial charge in [-0.05, 0) is 43.0 Å². The maximum Gasteiger partial charge on any atom is 0.388 e. The van der Waals surface area contributed by atoms with Crippen molar-refractivity contribution < 1.29 is 9.47 Å². The van der Waals surface area contributed by atoms with Crippen LogP contribution in [-0.2, 0) is 15.9 Å². The van der Waals surface area contributed by atoms with E-state index in [4.69, 9.17) is 9.47 Å². The maximum absolute atomic E-state index is 5.81. The molecule has 31 heavy (non-hydrogen) atoms. The van der Waals surface area contributed by atoms with Gasteiger partial charge in [-0.25, -0.2) is 0 Å². The van der Waals surface area contributed by atoms with Gasteiger partial charge in [0.15, 0.2) is 0 Å². The minimum Gasteiger partial charge on any atom is -0.451 e. The first-order chi connectivity index (χ1) is 15.3. The van der Waals surface area contributed by atoms with E-state index in [0.29, 0.717) is 19.3 Å². The molecule has 0 radical (unpaired) electrons. The summed E-state index contributed by atoms with van der Waals surface area (Å²) in [5, 5.41) is 0. The molecule has 2 aromatic carbocycles. The predicted octanol–water partition coefficient (Wildman–Crippen LogP) is 8.24. The third kappa shape index (κ3) is 11.6. The molecule has 0 saturated carbocycles. The zero-order chi connectivity index (χ0) is 22.0.